The number of alkyl halides is 1. The van der Waals surface area contributed by atoms with Gasteiger partial charge in [-0.2, -0.15) is 0 Å². The molecule has 9 heteroatoms. The molecule has 2 saturated heterocycles. The van der Waals surface area contributed by atoms with Gasteiger partial charge < -0.3 is 9.84 Å². The van der Waals surface area contributed by atoms with Crippen LogP contribution in [0.25, 0.3) is 22.6 Å². The highest BCUT2D eigenvalue weighted by atomic mass is 19.1. The average molecular weight is 466 g/mol. The molecule has 8 nitrogen and oxygen atoms in total. The lowest BCUT2D eigenvalue weighted by Gasteiger charge is -2.55. The zero-order chi connectivity index (χ0) is 24.0. The van der Waals surface area contributed by atoms with Gasteiger partial charge in [-0.15, -0.1) is 10.2 Å². The summed E-state index contributed by atoms with van der Waals surface area (Å²) in [4.78, 5) is 18.3. The van der Waals surface area contributed by atoms with E-state index >= 15 is 4.39 Å². The van der Waals surface area contributed by atoms with Crippen LogP contribution in [0.4, 0.5) is 4.39 Å². The molecule has 4 atom stereocenters. The molecule has 0 spiro atoms. The number of hydrogen-bond donors (Lipinski definition) is 1. The van der Waals surface area contributed by atoms with Crippen molar-refractivity contribution in [3.05, 3.63) is 52.9 Å². The van der Waals surface area contributed by atoms with Gasteiger partial charge in [0.2, 0.25) is 5.88 Å². The van der Waals surface area contributed by atoms with E-state index in [4.69, 9.17) is 4.74 Å². The van der Waals surface area contributed by atoms with Crippen molar-refractivity contribution >= 4 is 0 Å². The van der Waals surface area contributed by atoms with Crippen LogP contribution < -0.4 is 10.3 Å². The Morgan fingerprint density at radius 1 is 1.18 bits per heavy atom. The van der Waals surface area contributed by atoms with E-state index in [1.165, 1.54) is 22.9 Å². The largest absolute Gasteiger partial charge is 0.507 e. The van der Waals surface area contributed by atoms with E-state index in [1.807, 2.05) is 14.0 Å². The van der Waals surface area contributed by atoms with Crippen LogP contribution in [-0.2, 0) is 7.05 Å². The molecule has 2 bridgehead atoms. The number of ether oxygens (including phenoxy) is 1. The lowest BCUT2D eigenvalue weighted by atomic mass is 9.73. The highest BCUT2D eigenvalue weighted by Crippen LogP contribution is 2.43. The molecule has 178 valence electrons. The van der Waals surface area contributed by atoms with Gasteiger partial charge in [-0.1, -0.05) is 6.07 Å². The molecule has 5 rings (SSSR count). The molecule has 0 radical (unpaired) electrons. The van der Waals surface area contributed by atoms with Crippen molar-refractivity contribution in [2.75, 3.05) is 7.05 Å². The number of phenolic OH excluding ortho intramolecular Hbond substituents is 1. The molecular formula is C25H28FN5O3. The Hall–Kier alpha value is -3.33. The molecule has 2 aliphatic rings. The first-order chi connectivity index (χ1) is 16.3. The molecule has 0 amide bonds. The Morgan fingerprint density at radius 2 is 2.00 bits per heavy atom. The minimum atomic E-state index is -1.12. The van der Waals surface area contributed by atoms with Crippen molar-refractivity contribution in [1.82, 2.24) is 24.6 Å². The van der Waals surface area contributed by atoms with Gasteiger partial charge in [0.25, 0.3) is 5.56 Å². The number of aromatic hydroxyl groups is 1. The first-order valence-corrected chi connectivity index (χ1v) is 11.5. The number of nitrogens with zero attached hydrogens (tertiary/aromatic N) is 5. The van der Waals surface area contributed by atoms with E-state index in [0.29, 0.717) is 35.1 Å². The van der Waals surface area contributed by atoms with Crippen molar-refractivity contribution < 1.29 is 14.2 Å². The minimum Gasteiger partial charge on any atom is -0.507 e. The van der Waals surface area contributed by atoms with Crippen LogP contribution in [0.2, 0.25) is 0 Å². The van der Waals surface area contributed by atoms with Gasteiger partial charge in [0.05, 0.1) is 11.2 Å². The Labute approximate surface area is 197 Å². The Bertz CT molecular complexity index is 1260. The number of hydrogen-bond acceptors (Lipinski definition) is 7. The van der Waals surface area contributed by atoms with Crippen LogP contribution in [0.15, 0.2) is 47.4 Å². The van der Waals surface area contributed by atoms with E-state index in [1.54, 1.807) is 31.3 Å². The van der Waals surface area contributed by atoms with Crippen LogP contribution in [0.1, 0.15) is 32.6 Å². The molecule has 34 heavy (non-hydrogen) atoms. The SMILES string of the molecule is CN1[C@@H]2CCC[C@@]1(C)[C@@H](F)[C@H](Oc1ccc(-c3ccc(-c4nccc(=O)n4C)cc3O)nn1)C2. The summed E-state index contributed by atoms with van der Waals surface area (Å²) in [5.41, 5.74) is 0.824. The number of aromatic nitrogens is 4. The molecule has 2 aromatic heterocycles. The smallest absolute Gasteiger partial charge is 0.253 e. The molecule has 3 aromatic rings. The lowest BCUT2D eigenvalue weighted by Crippen LogP contribution is -2.66. The Morgan fingerprint density at radius 3 is 2.74 bits per heavy atom. The van der Waals surface area contributed by atoms with Crippen LogP contribution in [0.3, 0.4) is 0 Å². The normalized spacial score (nSPS) is 26.9. The maximum Gasteiger partial charge on any atom is 0.253 e. The second-order valence-electron chi connectivity index (χ2n) is 9.46. The second kappa shape index (κ2) is 8.47. The zero-order valence-corrected chi connectivity index (χ0v) is 19.5. The number of phenols is 1. The van der Waals surface area contributed by atoms with Gasteiger partial charge >= 0.3 is 0 Å². The molecule has 1 N–H and O–H groups in total. The number of benzene rings is 1. The van der Waals surface area contributed by atoms with Crippen molar-refractivity contribution in [2.24, 2.45) is 7.05 Å². The maximum absolute atomic E-state index is 15.4. The number of piperidine rings is 2. The van der Waals surface area contributed by atoms with Crippen molar-refractivity contribution in [3.63, 3.8) is 0 Å². The predicted octanol–water partition coefficient (Wildman–Crippen LogP) is 3.34. The fraction of sp³-hybridized carbons (Fsp3) is 0.440. The second-order valence-corrected chi connectivity index (χ2v) is 9.46. The Balaban J connectivity index is 1.35. The third kappa shape index (κ3) is 3.73. The number of halogens is 1. The predicted molar refractivity (Wildman–Crippen MR) is 125 cm³/mol. The molecule has 1 aromatic carbocycles. The third-order valence-electron chi connectivity index (χ3n) is 7.50. The van der Waals surface area contributed by atoms with Crippen molar-refractivity contribution in [1.29, 1.82) is 0 Å². The summed E-state index contributed by atoms with van der Waals surface area (Å²) >= 11 is 0. The fourth-order valence-electron chi connectivity index (χ4n) is 5.30. The monoisotopic (exact) mass is 465 g/mol. The van der Waals surface area contributed by atoms with E-state index in [0.717, 1.165) is 19.3 Å². The van der Waals surface area contributed by atoms with Gasteiger partial charge in [0.15, 0.2) is 6.17 Å². The fourth-order valence-corrected chi connectivity index (χ4v) is 5.30. The van der Waals surface area contributed by atoms with Crippen LogP contribution in [0.5, 0.6) is 11.6 Å². The summed E-state index contributed by atoms with van der Waals surface area (Å²) in [7, 11) is 3.63. The first-order valence-electron chi connectivity index (χ1n) is 11.5. The third-order valence-corrected chi connectivity index (χ3v) is 7.50. The van der Waals surface area contributed by atoms with E-state index in [2.05, 4.69) is 20.1 Å². The molecule has 2 aliphatic heterocycles. The van der Waals surface area contributed by atoms with E-state index in [-0.39, 0.29) is 17.2 Å². The molecule has 2 fully saturated rings. The molecule has 0 saturated carbocycles. The minimum absolute atomic E-state index is 0.0153. The summed E-state index contributed by atoms with van der Waals surface area (Å²) < 4.78 is 22.8. The van der Waals surface area contributed by atoms with E-state index in [9.17, 15) is 9.90 Å². The van der Waals surface area contributed by atoms with Crippen LogP contribution in [-0.4, -0.2) is 60.7 Å². The van der Waals surface area contributed by atoms with Gasteiger partial charge in [0, 0.05) is 49.0 Å². The quantitative estimate of drug-likeness (QED) is 0.632. The highest BCUT2D eigenvalue weighted by molar-refractivity contribution is 5.72. The molecule has 0 unspecified atom stereocenters. The molecule has 4 heterocycles. The summed E-state index contributed by atoms with van der Waals surface area (Å²) in [6.45, 7) is 1.98. The maximum atomic E-state index is 15.4. The zero-order valence-electron chi connectivity index (χ0n) is 19.5. The van der Waals surface area contributed by atoms with Gasteiger partial charge in [0.1, 0.15) is 17.7 Å². The lowest BCUT2D eigenvalue weighted by molar-refractivity contribution is -0.115. The highest BCUT2D eigenvalue weighted by Gasteiger charge is 2.53. The summed E-state index contributed by atoms with van der Waals surface area (Å²) in [6, 6.07) is 10.0. The average Bonchev–Trinajstić information content (AvgIpc) is 2.82. The van der Waals surface area contributed by atoms with Crippen LogP contribution in [0, 0.1) is 0 Å². The van der Waals surface area contributed by atoms with Gasteiger partial charge in [-0.25, -0.2) is 9.37 Å². The van der Waals surface area contributed by atoms with Gasteiger partial charge in [-0.05, 0) is 51.4 Å². The summed E-state index contributed by atoms with van der Waals surface area (Å²) in [5, 5.41) is 19.0. The topological polar surface area (TPSA) is 93.4 Å². The number of rotatable bonds is 4. The standard InChI is InChI=1S/C25H28FN5O3/c1-25-11-4-5-16(31(25)3)14-20(23(25)26)34-21-9-8-18(28-29-21)17-7-6-15(13-19(17)32)24-27-12-10-22(33)30(24)2/h6-10,12-13,16,20,23,32H,4-5,11,14H2,1-3H3/t16-,20-,23+,25+/m1/s1. The molecular weight excluding hydrogens is 437 g/mol. The molecule has 0 aliphatic carbocycles. The van der Waals surface area contributed by atoms with Crippen molar-refractivity contribution in [3.8, 4) is 34.3 Å². The summed E-state index contributed by atoms with van der Waals surface area (Å²) in [6.07, 6.45) is 3.27. The Kier molecular flexibility index (Phi) is 5.59. The van der Waals surface area contributed by atoms with Crippen LogP contribution >= 0.6 is 0 Å². The van der Waals surface area contributed by atoms with E-state index < -0.39 is 17.8 Å². The number of fused-ring (bicyclic) bond motifs is 2. The van der Waals surface area contributed by atoms with Crippen molar-refractivity contribution in [2.45, 2.75) is 56.5 Å². The van der Waals surface area contributed by atoms with Gasteiger partial charge in [-0.3, -0.25) is 14.3 Å². The summed E-state index contributed by atoms with van der Waals surface area (Å²) in [5.74, 6) is 0.697. The first kappa shape index (κ1) is 22.5.